The Bertz CT molecular complexity index is 636. The molecule has 6 heteroatoms. The molecule has 112 valence electrons. The molecule has 2 aromatic rings. The molecule has 1 aliphatic heterocycles. The molecule has 0 saturated carbocycles. The van der Waals surface area contributed by atoms with Crippen molar-refractivity contribution in [2.45, 2.75) is 0 Å². The number of nitrogens with zero attached hydrogens (tertiary/aromatic N) is 2. The van der Waals surface area contributed by atoms with Gasteiger partial charge < -0.3 is 19.1 Å². The van der Waals surface area contributed by atoms with E-state index in [1.165, 1.54) is 0 Å². The molecule has 2 heterocycles. The lowest BCUT2D eigenvalue weighted by molar-refractivity contribution is 0.174. The molecule has 0 fully saturated rings. The summed E-state index contributed by atoms with van der Waals surface area (Å²) >= 11 is 5.92. The number of methoxy groups -OCH3 is 1. The van der Waals surface area contributed by atoms with Crippen LogP contribution in [0.5, 0.6) is 11.5 Å². The van der Waals surface area contributed by atoms with Crippen LogP contribution in [0.25, 0.3) is 10.8 Å². The van der Waals surface area contributed by atoms with E-state index in [9.17, 15) is 0 Å². The van der Waals surface area contributed by atoms with Gasteiger partial charge in [-0.1, -0.05) is 0 Å². The second-order valence-electron chi connectivity index (χ2n) is 4.73. The molecule has 0 unspecified atom stereocenters. The molecule has 0 aliphatic carbocycles. The Balaban J connectivity index is 2.03. The lowest BCUT2D eigenvalue weighted by atomic mass is 10.1. The van der Waals surface area contributed by atoms with Gasteiger partial charge in [-0.05, 0) is 23.6 Å². The molecule has 3 rings (SSSR count). The number of alkyl halides is 1. The van der Waals surface area contributed by atoms with E-state index in [0.29, 0.717) is 19.0 Å². The summed E-state index contributed by atoms with van der Waals surface area (Å²) in [5.41, 5.74) is 0. The van der Waals surface area contributed by atoms with E-state index in [1.54, 1.807) is 13.3 Å². The zero-order chi connectivity index (χ0) is 14.7. The van der Waals surface area contributed by atoms with E-state index in [-0.39, 0.29) is 6.79 Å². The van der Waals surface area contributed by atoms with E-state index in [4.69, 9.17) is 25.8 Å². The van der Waals surface area contributed by atoms with Crippen molar-refractivity contribution in [2.24, 2.45) is 0 Å². The van der Waals surface area contributed by atoms with Gasteiger partial charge in [-0.15, -0.1) is 11.6 Å². The maximum Gasteiger partial charge on any atom is 0.231 e. The third-order valence-corrected chi connectivity index (χ3v) is 3.62. The molecule has 0 spiro atoms. The maximum atomic E-state index is 5.92. The fourth-order valence-electron chi connectivity index (χ4n) is 2.43. The Hall–Kier alpha value is -1.72. The number of fused-ring (bicyclic) bond motifs is 2. The number of benzene rings is 1. The molecule has 0 radical (unpaired) electrons. The molecule has 1 aliphatic rings. The zero-order valence-electron chi connectivity index (χ0n) is 11.8. The third kappa shape index (κ3) is 2.84. The van der Waals surface area contributed by atoms with Gasteiger partial charge in [-0.2, -0.15) is 0 Å². The van der Waals surface area contributed by atoms with Crippen LogP contribution in [-0.4, -0.2) is 44.5 Å². The van der Waals surface area contributed by atoms with Gasteiger partial charge in [-0.3, -0.25) is 0 Å². The molecule has 5 nitrogen and oxygen atoms in total. The van der Waals surface area contributed by atoms with E-state index in [0.717, 1.165) is 34.6 Å². The van der Waals surface area contributed by atoms with Crippen molar-refractivity contribution in [3.05, 3.63) is 24.4 Å². The van der Waals surface area contributed by atoms with Gasteiger partial charge in [0.25, 0.3) is 0 Å². The summed E-state index contributed by atoms with van der Waals surface area (Å²) < 4.78 is 16.1. The van der Waals surface area contributed by atoms with Crippen molar-refractivity contribution in [1.29, 1.82) is 0 Å². The topological polar surface area (TPSA) is 43.8 Å². The number of rotatable bonds is 6. The van der Waals surface area contributed by atoms with Crippen LogP contribution < -0.4 is 14.4 Å². The number of hydrogen-bond donors (Lipinski definition) is 0. The summed E-state index contributed by atoms with van der Waals surface area (Å²) in [4.78, 5) is 6.65. The second kappa shape index (κ2) is 6.37. The summed E-state index contributed by atoms with van der Waals surface area (Å²) in [7, 11) is 1.69. The SMILES string of the molecule is COCCN(CCCl)c1nccc2cc3c(cc12)OCO3. The first kappa shape index (κ1) is 14.2. The van der Waals surface area contributed by atoms with Crippen LogP contribution in [0.4, 0.5) is 5.82 Å². The van der Waals surface area contributed by atoms with Crippen LogP contribution >= 0.6 is 11.6 Å². The molecule has 0 N–H and O–H groups in total. The number of aromatic nitrogens is 1. The van der Waals surface area contributed by atoms with E-state index in [1.807, 2.05) is 18.2 Å². The van der Waals surface area contributed by atoms with Crippen molar-refractivity contribution >= 4 is 28.2 Å². The number of pyridine rings is 1. The van der Waals surface area contributed by atoms with E-state index < -0.39 is 0 Å². The summed E-state index contributed by atoms with van der Waals surface area (Å²) in [6.45, 7) is 2.35. The van der Waals surface area contributed by atoms with E-state index >= 15 is 0 Å². The highest BCUT2D eigenvalue weighted by atomic mass is 35.5. The van der Waals surface area contributed by atoms with Gasteiger partial charge in [0.2, 0.25) is 6.79 Å². The summed E-state index contributed by atoms with van der Waals surface area (Å²) in [6, 6.07) is 5.93. The van der Waals surface area contributed by atoms with Gasteiger partial charge in [0.1, 0.15) is 5.82 Å². The number of halogens is 1. The number of ether oxygens (including phenoxy) is 3. The van der Waals surface area contributed by atoms with Crippen LogP contribution in [0.3, 0.4) is 0 Å². The molecular formula is C15H17ClN2O3. The summed E-state index contributed by atoms with van der Waals surface area (Å²) in [5.74, 6) is 2.96. The predicted molar refractivity (Wildman–Crippen MR) is 82.7 cm³/mol. The number of anilines is 1. The van der Waals surface area contributed by atoms with Crippen LogP contribution in [0.2, 0.25) is 0 Å². The van der Waals surface area contributed by atoms with Crippen LogP contribution in [0.1, 0.15) is 0 Å². The minimum absolute atomic E-state index is 0.267. The first-order chi connectivity index (χ1) is 10.3. The Morgan fingerprint density at radius 1 is 1.29 bits per heavy atom. The molecule has 1 aromatic heterocycles. The first-order valence-electron chi connectivity index (χ1n) is 6.81. The molecule has 0 saturated heterocycles. The van der Waals surface area contributed by atoms with Gasteiger partial charge in [0.05, 0.1) is 6.61 Å². The monoisotopic (exact) mass is 308 g/mol. The van der Waals surface area contributed by atoms with Crippen LogP contribution in [-0.2, 0) is 4.74 Å². The Labute approximate surface area is 128 Å². The Morgan fingerprint density at radius 2 is 2.10 bits per heavy atom. The fraction of sp³-hybridized carbons (Fsp3) is 0.400. The largest absolute Gasteiger partial charge is 0.454 e. The van der Waals surface area contributed by atoms with Gasteiger partial charge in [0, 0.05) is 37.7 Å². The minimum atomic E-state index is 0.267. The average Bonchev–Trinajstić information content (AvgIpc) is 2.96. The maximum absolute atomic E-state index is 5.92. The Kier molecular flexibility index (Phi) is 4.31. The standard InChI is InChI=1S/C15H17ClN2O3/c1-19-7-6-18(5-3-16)15-12-9-14-13(20-10-21-14)8-11(12)2-4-17-15/h2,4,8-9H,3,5-7,10H2,1H3. The first-order valence-corrected chi connectivity index (χ1v) is 7.35. The Morgan fingerprint density at radius 3 is 2.86 bits per heavy atom. The summed E-state index contributed by atoms with van der Waals surface area (Å²) in [5, 5.41) is 2.10. The van der Waals surface area contributed by atoms with Gasteiger partial charge >= 0.3 is 0 Å². The van der Waals surface area contributed by atoms with Gasteiger partial charge in [-0.25, -0.2) is 4.98 Å². The van der Waals surface area contributed by atoms with Crippen LogP contribution in [0.15, 0.2) is 24.4 Å². The lowest BCUT2D eigenvalue weighted by Crippen LogP contribution is -2.30. The van der Waals surface area contributed by atoms with Crippen molar-refractivity contribution < 1.29 is 14.2 Å². The molecule has 1 aromatic carbocycles. The lowest BCUT2D eigenvalue weighted by Gasteiger charge is -2.23. The average molecular weight is 309 g/mol. The number of hydrogen-bond acceptors (Lipinski definition) is 5. The highest BCUT2D eigenvalue weighted by Crippen LogP contribution is 2.38. The quantitative estimate of drug-likeness (QED) is 0.768. The predicted octanol–water partition coefficient (Wildman–Crippen LogP) is 2.66. The van der Waals surface area contributed by atoms with Crippen LogP contribution in [0, 0.1) is 0 Å². The molecule has 0 bridgehead atoms. The normalized spacial score (nSPS) is 12.9. The molecule has 0 amide bonds. The van der Waals surface area contributed by atoms with Crippen molar-refractivity contribution in [3.63, 3.8) is 0 Å². The molecule has 0 atom stereocenters. The minimum Gasteiger partial charge on any atom is -0.454 e. The highest BCUT2D eigenvalue weighted by molar-refractivity contribution is 6.18. The third-order valence-electron chi connectivity index (χ3n) is 3.46. The van der Waals surface area contributed by atoms with Crippen molar-refractivity contribution in [3.8, 4) is 11.5 Å². The van der Waals surface area contributed by atoms with E-state index in [2.05, 4.69) is 9.88 Å². The molecule has 21 heavy (non-hydrogen) atoms. The smallest absolute Gasteiger partial charge is 0.231 e. The summed E-state index contributed by atoms with van der Waals surface area (Å²) in [6.07, 6.45) is 1.80. The van der Waals surface area contributed by atoms with Gasteiger partial charge in [0.15, 0.2) is 11.5 Å². The zero-order valence-corrected chi connectivity index (χ0v) is 12.6. The fourth-order valence-corrected chi connectivity index (χ4v) is 2.63. The van der Waals surface area contributed by atoms with Crippen molar-refractivity contribution in [1.82, 2.24) is 4.98 Å². The molecular weight excluding hydrogens is 292 g/mol. The second-order valence-corrected chi connectivity index (χ2v) is 5.11. The highest BCUT2D eigenvalue weighted by Gasteiger charge is 2.18. The van der Waals surface area contributed by atoms with Crippen molar-refractivity contribution in [2.75, 3.05) is 44.4 Å².